The Bertz CT molecular complexity index is 1070. The molecule has 2 aromatic rings. The summed E-state index contributed by atoms with van der Waals surface area (Å²) >= 11 is 6.18. The first kappa shape index (κ1) is 23.6. The van der Waals surface area contributed by atoms with Gasteiger partial charge in [0.15, 0.2) is 0 Å². The highest BCUT2D eigenvalue weighted by atomic mass is 35.5. The van der Waals surface area contributed by atoms with Gasteiger partial charge in [0.25, 0.3) is 5.91 Å². The Hall–Kier alpha value is -2.58. The number of likely N-dealkylation sites (tertiary alicyclic amines) is 1. The zero-order chi connectivity index (χ0) is 23.9. The lowest BCUT2D eigenvalue weighted by Gasteiger charge is -2.33. The molecule has 2 heterocycles. The molecule has 4 rings (SSSR count). The smallest absolute Gasteiger partial charge is 0.257 e. The van der Waals surface area contributed by atoms with E-state index in [0.29, 0.717) is 53.6 Å². The maximum Gasteiger partial charge on any atom is 0.257 e. The van der Waals surface area contributed by atoms with Gasteiger partial charge in [-0.3, -0.25) is 4.79 Å². The van der Waals surface area contributed by atoms with Crippen LogP contribution in [0, 0.1) is 25.1 Å². The second-order valence-corrected chi connectivity index (χ2v) is 9.66. The molecular weight excluding hydrogens is 447 g/mol. The van der Waals surface area contributed by atoms with Gasteiger partial charge in [0, 0.05) is 18.3 Å². The van der Waals surface area contributed by atoms with Crippen LogP contribution in [0.25, 0.3) is 0 Å². The van der Waals surface area contributed by atoms with Crippen LogP contribution in [0.5, 0.6) is 5.75 Å². The van der Waals surface area contributed by atoms with Crippen molar-refractivity contribution in [1.29, 1.82) is 5.41 Å². The first-order valence-electron chi connectivity index (χ1n) is 11.1. The third-order valence-electron chi connectivity index (χ3n) is 6.46. The van der Waals surface area contributed by atoms with E-state index < -0.39 is 17.3 Å². The highest BCUT2D eigenvalue weighted by Gasteiger charge is 2.36. The van der Waals surface area contributed by atoms with Crippen molar-refractivity contribution < 1.29 is 19.0 Å². The molecule has 7 nitrogen and oxygen atoms in total. The van der Waals surface area contributed by atoms with Crippen LogP contribution in [0.3, 0.4) is 0 Å². The van der Waals surface area contributed by atoms with Gasteiger partial charge in [0.2, 0.25) is 0 Å². The number of carbonyl (C=O) groups is 1. The molecule has 33 heavy (non-hydrogen) atoms. The van der Waals surface area contributed by atoms with E-state index in [2.05, 4.69) is 9.97 Å². The summed E-state index contributed by atoms with van der Waals surface area (Å²) in [6, 6.07) is 3.89. The number of hydrogen-bond donors (Lipinski definition) is 2. The molecule has 1 aliphatic heterocycles. The normalized spacial score (nSPS) is 25.4. The van der Waals surface area contributed by atoms with Crippen LogP contribution >= 0.6 is 11.6 Å². The molecule has 1 aromatic carbocycles. The number of halogens is 2. The van der Waals surface area contributed by atoms with E-state index in [9.17, 15) is 14.3 Å². The molecule has 0 bridgehead atoms. The zero-order valence-electron chi connectivity index (χ0n) is 19.0. The summed E-state index contributed by atoms with van der Waals surface area (Å²) in [5.74, 6) is -0.580. The van der Waals surface area contributed by atoms with Crippen molar-refractivity contribution in [2.75, 3.05) is 13.1 Å². The van der Waals surface area contributed by atoms with Gasteiger partial charge < -0.3 is 20.2 Å². The van der Waals surface area contributed by atoms with Crippen molar-refractivity contribution in [2.24, 2.45) is 0 Å². The predicted octanol–water partition coefficient (Wildman–Crippen LogP) is 4.22. The standard InChI is InChI=1S/C24H28ClFN4O3/c1-13-21(25)14(2)29-22(28-13)18-11-30(12-19(18)27)23(31)17-5-4-15(26)10-20(17)33-16-6-8-24(3,32)9-7-16/h4-5,10,16,18,27,32H,6-9,11-12H2,1-3H3. The van der Waals surface area contributed by atoms with Crippen LogP contribution in [-0.4, -0.2) is 56.4 Å². The highest BCUT2D eigenvalue weighted by molar-refractivity contribution is 6.31. The van der Waals surface area contributed by atoms with Gasteiger partial charge in [0.05, 0.1) is 46.1 Å². The SMILES string of the molecule is Cc1nc(C2CN(C(=O)c3ccc(F)cc3OC3CCC(C)(O)CC3)CC2=N)nc(C)c1Cl. The summed E-state index contributed by atoms with van der Waals surface area (Å²) < 4.78 is 20.0. The summed E-state index contributed by atoms with van der Waals surface area (Å²) in [4.78, 5) is 23.8. The summed E-state index contributed by atoms with van der Waals surface area (Å²) in [5, 5.41) is 19.1. The Kier molecular flexibility index (Phi) is 6.42. The predicted molar refractivity (Wildman–Crippen MR) is 123 cm³/mol. The quantitative estimate of drug-likeness (QED) is 0.691. The minimum atomic E-state index is -0.716. The number of benzene rings is 1. The molecule has 0 spiro atoms. The van der Waals surface area contributed by atoms with Gasteiger partial charge in [-0.05, 0) is 58.6 Å². The maximum atomic E-state index is 14.0. The highest BCUT2D eigenvalue weighted by Crippen LogP contribution is 2.33. The molecule has 2 N–H and O–H groups in total. The first-order chi connectivity index (χ1) is 15.5. The van der Waals surface area contributed by atoms with E-state index >= 15 is 0 Å². The molecule has 1 saturated carbocycles. The molecule has 0 radical (unpaired) electrons. The largest absolute Gasteiger partial charge is 0.489 e. The fourth-order valence-corrected chi connectivity index (χ4v) is 4.52. The van der Waals surface area contributed by atoms with E-state index in [1.165, 1.54) is 18.2 Å². The number of amides is 1. The van der Waals surface area contributed by atoms with Crippen molar-refractivity contribution >= 4 is 23.2 Å². The minimum Gasteiger partial charge on any atom is -0.489 e. The third kappa shape index (κ3) is 5.01. The van der Waals surface area contributed by atoms with Crippen LogP contribution in [0.4, 0.5) is 4.39 Å². The number of rotatable bonds is 4. The van der Waals surface area contributed by atoms with Crippen molar-refractivity contribution in [3.05, 3.63) is 51.8 Å². The van der Waals surface area contributed by atoms with Crippen molar-refractivity contribution in [2.45, 2.75) is 64.1 Å². The summed E-state index contributed by atoms with van der Waals surface area (Å²) in [6.45, 7) is 5.76. The third-order valence-corrected chi connectivity index (χ3v) is 7.01. The lowest BCUT2D eigenvalue weighted by atomic mass is 9.85. The summed E-state index contributed by atoms with van der Waals surface area (Å²) in [6.07, 6.45) is 2.22. The van der Waals surface area contributed by atoms with Crippen molar-refractivity contribution in [1.82, 2.24) is 14.9 Å². The summed E-state index contributed by atoms with van der Waals surface area (Å²) in [7, 11) is 0. The average Bonchev–Trinajstić information content (AvgIpc) is 3.14. The van der Waals surface area contributed by atoms with E-state index in [1.807, 2.05) is 0 Å². The number of aromatic nitrogens is 2. The Morgan fingerprint density at radius 1 is 1.27 bits per heavy atom. The summed E-state index contributed by atoms with van der Waals surface area (Å²) in [5.41, 5.74) is 1.15. The molecule has 1 atom stereocenters. The molecular formula is C24H28ClFN4O3. The van der Waals surface area contributed by atoms with E-state index in [-0.39, 0.29) is 36.4 Å². The van der Waals surface area contributed by atoms with Crippen LogP contribution in [0.15, 0.2) is 18.2 Å². The molecule has 1 saturated heterocycles. The van der Waals surface area contributed by atoms with Gasteiger partial charge in [-0.1, -0.05) is 11.6 Å². The maximum absolute atomic E-state index is 14.0. The number of carbonyl (C=O) groups excluding carboxylic acids is 1. The lowest BCUT2D eigenvalue weighted by Crippen LogP contribution is -2.35. The Labute approximate surface area is 197 Å². The number of nitrogens with zero attached hydrogens (tertiary/aromatic N) is 3. The van der Waals surface area contributed by atoms with Crippen LogP contribution < -0.4 is 4.74 Å². The van der Waals surface area contributed by atoms with Crippen molar-refractivity contribution in [3.63, 3.8) is 0 Å². The van der Waals surface area contributed by atoms with E-state index in [1.54, 1.807) is 25.7 Å². The zero-order valence-corrected chi connectivity index (χ0v) is 19.7. The van der Waals surface area contributed by atoms with Crippen LogP contribution in [0.2, 0.25) is 5.02 Å². The molecule has 1 aromatic heterocycles. The topological polar surface area (TPSA) is 99.4 Å². The minimum absolute atomic E-state index is 0.136. The monoisotopic (exact) mass is 474 g/mol. The van der Waals surface area contributed by atoms with Gasteiger partial charge in [-0.15, -0.1) is 0 Å². The number of aliphatic hydroxyl groups is 1. The molecule has 2 aliphatic rings. The van der Waals surface area contributed by atoms with Gasteiger partial charge in [0.1, 0.15) is 17.4 Å². The van der Waals surface area contributed by atoms with E-state index in [0.717, 1.165) is 0 Å². The van der Waals surface area contributed by atoms with Crippen molar-refractivity contribution in [3.8, 4) is 5.75 Å². The molecule has 1 amide bonds. The molecule has 176 valence electrons. The molecule has 1 aliphatic carbocycles. The lowest BCUT2D eigenvalue weighted by molar-refractivity contribution is -0.0111. The number of aryl methyl sites for hydroxylation is 2. The van der Waals surface area contributed by atoms with E-state index in [4.69, 9.17) is 21.7 Å². The van der Waals surface area contributed by atoms with Gasteiger partial charge in [-0.2, -0.15) is 0 Å². The fraction of sp³-hybridized carbons (Fsp3) is 0.500. The van der Waals surface area contributed by atoms with Crippen LogP contribution in [-0.2, 0) is 0 Å². The molecule has 1 unspecified atom stereocenters. The van der Waals surface area contributed by atoms with Gasteiger partial charge >= 0.3 is 0 Å². The first-order valence-corrected chi connectivity index (χ1v) is 11.5. The fourth-order valence-electron chi connectivity index (χ4n) is 4.44. The number of hydrogen-bond acceptors (Lipinski definition) is 6. The Morgan fingerprint density at radius 2 is 1.91 bits per heavy atom. The Balaban J connectivity index is 1.53. The van der Waals surface area contributed by atoms with Gasteiger partial charge in [-0.25, -0.2) is 14.4 Å². The molecule has 2 fully saturated rings. The molecule has 9 heteroatoms. The average molecular weight is 475 g/mol. The number of nitrogens with one attached hydrogen (secondary N) is 1. The van der Waals surface area contributed by atoms with Crippen LogP contribution in [0.1, 0.15) is 66.1 Å². The number of ether oxygens (including phenoxy) is 1. The Morgan fingerprint density at radius 3 is 2.55 bits per heavy atom. The second-order valence-electron chi connectivity index (χ2n) is 9.28. The second kappa shape index (κ2) is 8.99.